The Labute approximate surface area is 146 Å². The molecule has 1 aliphatic heterocycles. The molecule has 132 valence electrons. The topological polar surface area (TPSA) is 58.2 Å². The predicted molar refractivity (Wildman–Crippen MR) is 94.4 cm³/mol. The second-order valence-electron chi connectivity index (χ2n) is 7.14. The Kier molecular flexibility index (Phi) is 4.61. The van der Waals surface area contributed by atoms with Gasteiger partial charge < -0.3 is 9.64 Å². The Bertz CT molecular complexity index is 788. The van der Waals surface area contributed by atoms with E-state index in [1.165, 1.54) is 12.1 Å². The molecule has 1 aromatic heterocycles. The van der Waals surface area contributed by atoms with Gasteiger partial charge in [-0.05, 0) is 50.1 Å². The van der Waals surface area contributed by atoms with Gasteiger partial charge in [-0.2, -0.15) is 5.10 Å². The number of ether oxygens (including phenoxy) is 1. The Balaban J connectivity index is 1.90. The average Bonchev–Trinajstić information content (AvgIpc) is 2.92. The highest BCUT2D eigenvalue weighted by atomic mass is 19.1. The number of aromatic nitrogens is 2. The molecule has 0 fully saturated rings. The number of rotatable bonds is 1. The average molecular weight is 343 g/mol. The van der Waals surface area contributed by atoms with E-state index in [1.54, 1.807) is 23.2 Å². The molecule has 0 spiro atoms. The maximum absolute atomic E-state index is 13.1. The zero-order chi connectivity index (χ0) is 18.0. The number of benzene rings is 1. The van der Waals surface area contributed by atoms with Gasteiger partial charge in [0.25, 0.3) is 0 Å². The molecule has 6 heteroatoms. The third-order valence-corrected chi connectivity index (χ3v) is 3.92. The molecular formula is C19H22FN3O2. The zero-order valence-corrected chi connectivity index (χ0v) is 14.7. The van der Waals surface area contributed by atoms with Gasteiger partial charge in [-0.15, -0.1) is 0 Å². The van der Waals surface area contributed by atoms with E-state index in [9.17, 15) is 9.18 Å². The normalized spacial score (nSPS) is 16.5. The summed E-state index contributed by atoms with van der Waals surface area (Å²) >= 11 is 0. The van der Waals surface area contributed by atoms with E-state index < -0.39 is 5.60 Å². The number of halogens is 1. The minimum atomic E-state index is -0.542. The number of carbonyl (C=O) groups excluding carboxylic acids is 1. The van der Waals surface area contributed by atoms with Crippen LogP contribution in [0.5, 0.6) is 0 Å². The van der Waals surface area contributed by atoms with E-state index in [4.69, 9.17) is 4.74 Å². The molecule has 25 heavy (non-hydrogen) atoms. The van der Waals surface area contributed by atoms with Crippen LogP contribution in [0.4, 0.5) is 9.18 Å². The second kappa shape index (κ2) is 6.70. The lowest BCUT2D eigenvalue weighted by Gasteiger charge is -2.26. The van der Waals surface area contributed by atoms with Crippen LogP contribution in [0.15, 0.2) is 30.5 Å². The highest BCUT2D eigenvalue weighted by molar-refractivity contribution is 5.85. The first-order chi connectivity index (χ1) is 11.8. The number of hydrogen-bond donors (Lipinski definition) is 1. The fraction of sp³-hybridized carbons (Fsp3) is 0.368. The van der Waals surface area contributed by atoms with Crippen molar-refractivity contribution < 1.29 is 13.9 Å². The van der Waals surface area contributed by atoms with Crippen molar-refractivity contribution in [1.29, 1.82) is 0 Å². The first kappa shape index (κ1) is 17.2. The van der Waals surface area contributed by atoms with Crippen LogP contribution in [0.3, 0.4) is 0 Å². The van der Waals surface area contributed by atoms with Gasteiger partial charge in [-0.1, -0.05) is 12.1 Å². The molecule has 3 rings (SSSR count). The molecule has 2 aromatic rings. The maximum Gasteiger partial charge on any atom is 0.410 e. The zero-order valence-electron chi connectivity index (χ0n) is 14.7. The minimum absolute atomic E-state index is 0.276. The van der Waals surface area contributed by atoms with Gasteiger partial charge in [0.05, 0.1) is 6.20 Å². The lowest BCUT2D eigenvalue weighted by atomic mass is 10.0. The van der Waals surface area contributed by atoms with E-state index >= 15 is 0 Å². The van der Waals surface area contributed by atoms with Crippen molar-refractivity contribution in [2.45, 2.75) is 32.8 Å². The lowest BCUT2D eigenvalue weighted by Crippen LogP contribution is -2.38. The van der Waals surface area contributed by atoms with E-state index in [2.05, 4.69) is 10.2 Å². The fourth-order valence-electron chi connectivity index (χ4n) is 2.76. The highest BCUT2D eigenvalue weighted by Crippen LogP contribution is 2.26. The van der Waals surface area contributed by atoms with Gasteiger partial charge in [0.1, 0.15) is 11.4 Å². The van der Waals surface area contributed by atoms with Gasteiger partial charge in [0, 0.05) is 30.8 Å². The summed E-state index contributed by atoms with van der Waals surface area (Å²) in [6, 6.07) is 6.27. The third-order valence-electron chi connectivity index (χ3n) is 3.92. The van der Waals surface area contributed by atoms with Gasteiger partial charge in [-0.3, -0.25) is 5.10 Å². The molecule has 5 nitrogen and oxygen atoms in total. The molecule has 0 aliphatic carbocycles. The number of H-pyrrole nitrogens is 1. The van der Waals surface area contributed by atoms with Crippen molar-refractivity contribution >= 4 is 17.7 Å². The third kappa shape index (κ3) is 4.26. The summed E-state index contributed by atoms with van der Waals surface area (Å²) in [7, 11) is 0. The van der Waals surface area contributed by atoms with Gasteiger partial charge >= 0.3 is 6.09 Å². The molecule has 0 radical (unpaired) electrons. The molecular weight excluding hydrogens is 321 g/mol. The van der Waals surface area contributed by atoms with Crippen LogP contribution in [0, 0.1) is 5.82 Å². The molecule has 1 aromatic carbocycles. The molecule has 2 heterocycles. The number of hydrogen-bond acceptors (Lipinski definition) is 3. The van der Waals surface area contributed by atoms with E-state index in [0.717, 1.165) is 22.4 Å². The van der Waals surface area contributed by atoms with Crippen LogP contribution in [0.1, 0.15) is 37.6 Å². The van der Waals surface area contributed by atoms with Crippen LogP contribution >= 0.6 is 0 Å². The summed E-state index contributed by atoms with van der Waals surface area (Å²) in [6.45, 7) is 6.52. The van der Waals surface area contributed by atoms with Crippen molar-refractivity contribution in [3.63, 3.8) is 0 Å². The molecule has 0 bridgehead atoms. The number of nitrogens with zero attached hydrogens (tertiary/aromatic N) is 2. The van der Waals surface area contributed by atoms with E-state index in [0.29, 0.717) is 19.5 Å². The summed E-state index contributed by atoms with van der Waals surface area (Å²) in [5.41, 5.74) is 3.24. The van der Waals surface area contributed by atoms with Gasteiger partial charge in [0.2, 0.25) is 0 Å². The molecule has 1 N–H and O–H groups in total. The van der Waals surface area contributed by atoms with Crippen molar-refractivity contribution in [2.75, 3.05) is 13.1 Å². The standard InChI is InChI=1S/C19H22FN3O2/c1-19(2,3)25-18(24)23-9-8-17-16(11-21-22-17)14(12-23)10-13-4-6-15(20)7-5-13/h4-7,10-11H,8-9,12H2,1-3H3,(H,21,22). The largest absolute Gasteiger partial charge is 0.444 e. The molecule has 0 unspecified atom stereocenters. The first-order valence-corrected chi connectivity index (χ1v) is 8.28. The van der Waals surface area contributed by atoms with Crippen LogP contribution in [0.25, 0.3) is 11.6 Å². The van der Waals surface area contributed by atoms with Gasteiger partial charge in [0.15, 0.2) is 0 Å². The van der Waals surface area contributed by atoms with Crippen molar-refractivity contribution in [1.82, 2.24) is 15.1 Å². The lowest BCUT2D eigenvalue weighted by molar-refractivity contribution is 0.0279. The van der Waals surface area contributed by atoms with E-state index in [-0.39, 0.29) is 11.9 Å². The second-order valence-corrected chi connectivity index (χ2v) is 7.14. The van der Waals surface area contributed by atoms with Crippen molar-refractivity contribution in [3.8, 4) is 0 Å². The smallest absolute Gasteiger partial charge is 0.410 e. The summed E-state index contributed by atoms with van der Waals surface area (Å²) < 4.78 is 18.6. The summed E-state index contributed by atoms with van der Waals surface area (Å²) in [5, 5.41) is 7.12. The van der Waals surface area contributed by atoms with Gasteiger partial charge in [-0.25, -0.2) is 9.18 Å². The number of carbonyl (C=O) groups is 1. The van der Waals surface area contributed by atoms with Crippen molar-refractivity contribution in [2.24, 2.45) is 0 Å². The Morgan fingerprint density at radius 3 is 2.72 bits per heavy atom. The summed E-state index contributed by atoms with van der Waals surface area (Å²) in [4.78, 5) is 14.2. The number of aromatic amines is 1. The minimum Gasteiger partial charge on any atom is -0.444 e. The molecule has 1 amide bonds. The van der Waals surface area contributed by atoms with Crippen LogP contribution < -0.4 is 0 Å². The number of nitrogens with one attached hydrogen (secondary N) is 1. The summed E-state index contributed by atoms with van der Waals surface area (Å²) in [6.07, 6.45) is 4.06. The van der Waals surface area contributed by atoms with Crippen LogP contribution in [0.2, 0.25) is 0 Å². The predicted octanol–water partition coefficient (Wildman–Crippen LogP) is 3.88. The number of amides is 1. The molecule has 0 atom stereocenters. The van der Waals surface area contributed by atoms with Crippen LogP contribution in [-0.4, -0.2) is 39.9 Å². The first-order valence-electron chi connectivity index (χ1n) is 8.28. The quantitative estimate of drug-likeness (QED) is 0.855. The van der Waals surface area contributed by atoms with Crippen LogP contribution in [-0.2, 0) is 11.2 Å². The fourth-order valence-corrected chi connectivity index (χ4v) is 2.76. The Morgan fingerprint density at radius 1 is 1.32 bits per heavy atom. The van der Waals surface area contributed by atoms with Crippen molar-refractivity contribution in [3.05, 3.63) is 53.1 Å². The Morgan fingerprint density at radius 2 is 2.04 bits per heavy atom. The maximum atomic E-state index is 13.1. The number of fused-ring (bicyclic) bond motifs is 1. The monoisotopic (exact) mass is 343 g/mol. The molecule has 0 saturated carbocycles. The Hall–Kier alpha value is -2.63. The molecule has 0 saturated heterocycles. The summed E-state index contributed by atoms with van der Waals surface area (Å²) in [5.74, 6) is -0.276. The molecule has 1 aliphatic rings. The SMILES string of the molecule is CC(C)(C)OC(=O)N1CCc2[nH]ncc2C(=Cc2ccc(F)cc2)C1. The highest BCUT2D eigenvalue weighted by Gasteiger charge is 2.26. The van der Waals surface area contributed by atoms with E-state index in [1.807, 2.05) is 26.8 Å².